The molecule has 1 N–H and O–H groups in total. The van der Waals surface area contributed by atoms with E-state index in [1.807, 2.05) is 9.80 Å². The number of anilines is 1. The summed E-state index contributed by atoms with van der Waals surface area (Å²) < 4.78 is 23.3. The van der Waals surface area contributed by atoms with Crippen LogP contribution in [0.1, 0.15) is 6.42 Å². The van der Waals surface area contributed by atoms with Crippen LogP contribution in [-0.2, 0) is 14.6 Å². The molecule has 9 nitrogen and oxygen atoms in total. The highest BCUT2D eigenvalue weighted by Crippen LogP contribution is 2.31. The molecule has 0 spiro atoms. The number of amides is 1. The number of rotatable bonds is 4. The van der Waals surface area contributed by atoms with Crippen LogP contribution in [0.4, 0.5) is 11.4 Å². The number of carbonyl (C=O) groups is 1. The second-order valence-electron chi connectivity index (χ2n) is 6.68. The third-order valence-electron chi connectivity index (χ3n) is 4.91. The number of carbonyl (C=O) groups excluding carboxylic acids is 1. The zero-order chi connectivity index (χ0) is 18.9. The van der Waals surface area contributed by atoms with Gasteiger partial charge < -0.3 is 15.1 Å². The number of sulfone groups is 1. The number of hydrogen-bond acceptors (Lipinski definition) is 7. The van der Waals surface area contributed by atoms with Crippen molar-refractivity contribution in [2.45, 2.75) is 11.3 Å². The second-order valence-corrected chi connectivity index (χ2v) is 8.70. The zero-order valence-electron chi connectivity index (χ0n) is 14.6. The van der Waals surface area contributed by atoms with E-state index in [9.17, 15) is 23.3 Å². The van der Waals surface area contributed by atoms with E-state index in [1.165, 1.54) is 12.1 Å². The van der Waals surface area contributed by atoms with Gasteiger partial charge in [-0.25, -0.2) is 8.42 Å². The number of piperazine rings is 1. The molecular weight excluding hydrogens is 360 g/mol. The summed E-state index contributed by atoms with van der Waals surface area (Å²) in [6, 6.07) is 3.97. The van der Waals surface area contributed by atoms with Crippen LogP contribution in [-0.4, -0.2) is 69.7 Å². The number of benzene rings is 1. The van der Waals surface area contributed by atoms with Crippen LogP contribution < -0.4 is 10.2 Å². The van der Waals surface area contributed by atoms with Crippen molar-refractivity contribution in [3.63, 3.8) is 0 Å². The highest BCUT2D eigenvalue weighted by atomic mass is 32.2. The van der Waals surface area contributed by atoms with Gasteiger partial charge in [-0.3, -0.25) is 14.9 Å². The molecule has 1 atom stereocenters. The van der Waals surface area contributed by atoms with Gasteiger partial charge in [0.15, 0.2) is 9.84 Å². The highest BCUT2D eigenvalue weighted by Gasteiger charge is 2.31. The van der Waals surface area contributed by atoms with Crippen LogP contribution in [0.25, 0.3) is 0 Å². The Morgan fingerprint density at radius 3 is 2.50 bits per heavy atom. The van der Waals surface area contributed by atoms with Crippen LogP contribution in [0.3, 0.4) is 0 Å². The van der Waals surface area contributed by atoms with Crippen molar-refractivity contribution in [3.05, 3.63) is 28.3 Å². The van der Waals surface area contributed by atoms with Gasteiger partial charge >= 0.3 is 0 Å². The van der Waals surface area contributed by atoms with E-state index in [-0.39, 0.29) is 22.4 Å². The Morgan fingerprint density at radius 1 is 1.27 bits per heavy atom. The minimum atomic E-state index is -3.52. The summed E-state index contributed by atoms with van der Waals surface area (Å²) in [5.74, 6) is 0.154. The lowest BCUT2D eigenvalue weighted by Gasteiger charge is -2.36. The van der Waals surface area contributed by atoms with Crippen molar-refractivity contribution in [3.8, 4) is 0 Å². The first-order chi connectivity index (χ1) is 12.3. The zero-order valence-corrected chi connectivity index (χ0v) is 15.4. The fourth-order valence-electron chi connectivity index (χ4n) is 3.44. The maximum absolute atomic E-state index is 12.5. The first-order valence-electron chi connectivity index (χ1n) is 8.50. The SMILES string of the molecule is CS(=O)(=O)c1ccc(N2CCN(C(=O)C3CCNC3)CC2)c([N+](=O)[O-])c1. The Hall–Kier alpha value is -2.20. The van der Waals surface area contributed by atoms with Crippen LogP contribution in [0.15, 0.2) is 23.1 Å². The van der Waals surface area contributed by atoms with Crippen molar-refractivity contribution in [2.24, 2.45) is 5.92 Å². The molecule has 1 aromatic carbocycles. The van der Waals surface area contributed by atoms with Gasteiger partial charge in [0.25, 0.3) is 5.69 Å². The van der Waals surface area contributed by atoms with Crippen molar-refractivity contribution < 1.29 is 18.1 Å². The molecule has 2 heterocycles. The van der Waals surface area contributed by atoms with Gasteiger partial charge in [0, 0.05) is 45.0 Å². The molecule has 0 radical (unpaired) electrons. The van der Waals surface area contributed by atoms with E-state index in [0.29, 0.717) is 38.4 Å². The lowest BCUT2D eigenvalue weighted by Crippen LogP contribution is -2.50. The predicted molar refractivity (Wildman–Crippen MR) is 96.0 cm³/mol. The average Bonchev–Trinajstić information content (AvgIpc) is 3.14. The van der Waals surface area contributed by atoms with E-state index in [1.54, 1.807) is 0 Å². The van der Waals surface area contributed by atoms with E-state index in [2.05, 4.69) is 5.32 Å². The molecule has 2 saturated heterocycles. The molecule has 26 heavy (non-hydrogen) atoms. The predicted octanol–water partition coefficient (Wildman–Crippen LogP) is 0.256. The van der Waals surface area contributed by atoms with Crippen molar-refractivity contribution >= 4 is 27.1 Å². The molecule has 0 aliphatic carbocycles. The van der Waals surface area contributed by atoms with Crippen LogP contribution in [0, 0.1) is 16.0 Å². The van der Waals surface area contributed by atoms with Gasteiger partial charge in [0.05, 0.1) is 15.7 Å². The Kier molecular flexibility index (Phi) is 5.15. The summed E-state index contributed by atoms with van der Waals surface area (Å²) in [6.45, 7) is 3.52. The maximum atomic E-state index is 12.5. The number of nitro groups is 1. The van der Waals surface area contributed by atoms with Gasteiger partial charge in [0.2, 0.25) is 5.91 Å². The quantitative estimate of drug-likeness (QED) is 0.587. The van der Waals surface area contributed by atoms with Gasteiger partial charge in [-0.1, -0.05) is 0 Å². The number of hydrogen-bond donors (Lipinski definition) is 1. The highest BCUT2D eigenvalue weighted by molar-refractivity contribution is 7.90. The third-order valence-corrected chi connectivity index (χ3v) is 6.02. The minimum Gasteiger partial charge on any atom is -0.362 e. The fourth-order valence-corrected chi connectivity index (χ4v) is 4.08. The molecule has 2 fully saturated rings. The smallest absolute Gasteiger partial charge is 0.293 e. The first-order valence-corrected chi connectivity index (χ1v) is 10.4. The molecule has 142 valence electrons. The summed E-state index contributed by atoms with van der Waals surface area (Å²) in [5.41, 5.74) is 0.157. The summed E-state index contributed by atoms with van der Waals surface area (Å²) in [4.78, 5) is 26.9. The normalized spacial score (nSPS) is 21.0. The lowest BCUT2D eigenvalue weighted by atomic mass is 10.1. The van der Waals surface area contributed by atoms with Crippen molar-refractivity contribution in [2.75, 3.05) is 50.4 Å². The summed E-state index contributed by atoms with van der Waals surface area (Å²) >= 11 is 0. The number of nitrogens with one attached hydrogen (secondary N) is 1. The monoisotopic (exact) mass is 382 g/mol. The molecule has 0 saturated carbocycles. The van der Waals surface area contributed by atoms with Gasteiger partial charge in [-0.05, 0) is 25.1 Å². The molecule has 2 aliphatic rings. The number of nitro benzene ring substituents is 1. The largest absolute Gasteiger partial charge is 0.362 e. The summed E-state index contributed by atoms with van der Waals surface area (Å²) in [5, 5.41) is 14.6. The lowest BCUT2D eigenvalue weighted by molar-refractivity contribution is -0.384. The molecule has 1 aromatic rings. The molecule has 1 unspecified atom stereocenters. The molecule has 0 aromatic heterocycles. The first kappa shape index (κ1) is 18.6. The van der Waals surface area contributed by atoms with E-state index in [0.717, 1.165) is 25.3 Å². The average molecular weight is 382 g/mol. The van der Waals surface area contributed by atoms with Gasteiger partial charge in [0.1, 0.15) is 5.69 Å². The van der Waals surface area contributed by atoms with E-state index < -0.39 is 14.8 Å². The Bertz CT molecular complexity index is 812. The second kappa shape index (κ2) is 7.20. The molecular formula is C16H22N4O5S. The molecule has 3 rings (SSSR count). The Balaban J connectivity index is 1.74. The molecule has 2 aliphatic heterocycles. The molecule has 1 amide bonds. The fraction of sp³-hybridized carbons (Fsp3) is 0.562. The topological polar surface area (TPSA) is 113 Å². The number of nitrogens with zero attached hydrogens (tertiary/aromatic N) is 3. The van der Waals surface area contributed by atoms with Crippen molar-refractivity contribution in [1.29, 1.82) is 0 Å². The summed E-state index contributed by atoms with van der Waals surface area (Å²) in [6.07, 6.45) is 1.87. The Labute approximate surface area is 152 Å². The molecule has 0 bridgehead atoms. The van der Waals surface area contributed by atoms with Crippen LogP contribution in [0.2, 0.25) is 0 Å². The van der Waals surface area contributed by atoms with Crippen LogP contribution >= 0.6 is 0 Å². The van der Waals surface area contributed by atoms with Crippen molar-refractivity contribution in [1.82, 2.24) is 10.2 Å². The molecule has 10 heteroatoms. The van der Waals surface area contributed by atoms with Gasteiger partial charge in [-0.15, -0.1) is 0 Å². The van der Waals surface area contributed by atoms with E-state index >= 15 is 0 Å². The summed E-state index contributed by atoms with van der Waals surface area (Å²) in [7, 11) is -3.52. The standard InChI is InChI=1S/C16H22N4O5S/c1-26(24,25)13-2-3-14(15(10-13)20(22)23)18-6-8-19(9-7-18)16(21)12-4-5-17-11-12/h2-3,10,12,17H,4-9,11H2,1H3. The third kappa shape index (κ3) is 3.80. The Morgan fingerprint density at radius 2 is 1.96 bits per heavy atom. The van der Waals surface area contributed by atoms with E-state index in [4.69, 9.17) is 0 Å². The maximum Gasteiger partial charge on any atom is 0.293 e. The van der Waals surface area contributed by atoms with Crippen LogP contribution in [0.5, 0.6) is 0 Å². The van der Waals surface area contributed by atoms with Gasteiger partial charge in [-0.2, -0.15) is 0 Å². The minimum absolute atomic E-state index is 0.0185.